The van der Waals surface area contributed by atoms with Gasteiger partial charge in [0.1, 0.15) is 6.10 Å². The molecule has 4 aliphatic heterocycles. The van der Waals surface area contributed by atoms with E-state index in [1.165, 1.54) is 12.7 Å². The molecule has 0 amide bonds. The summed E-state index contributed by atoms with van der Waals surface area (Å²) in [4.78, 5) is 26.1. The quantitative estimate of drug-likeness (QED) is 0.305. The van der Waals surface area contributed by atoms with Gasteiger partial charge in [0.05, 0.1) is 30.5 Å². The maximum absolute atomic E-state index is 13.3. The molecule has 0 aromatic rings. The van der Waals surface area contributed by atoms with Crippen molar-refractivity contribution in [2.45, 2.75) is 140 Å². The Morgan fingerprint density at radius 3 is 2.33 bits per heavy atom. The summed E-state index contributed by atoms with van der Waals surface area (Å²) in [6, 6.07) is 0. The first-order valence-electron chi connectivity index (χ1n) is 14.8. The number of ether oxygens (including phenoxy) is 5. The maximum atomic E-state index is 13.3. The number of carbonyl (C=O) groups is 2. The molecule has 7 nitrogen and oxygen atoms in total. The van der Waals surface area contributed by atoms with E-state index in [0.29, 0.717) is 38.5 Å². The van der Waals surface area contributed by atoms with Gasteiger partial charge in [0.2, 0.25) is 5.79 Å². The van der Waals surface area contributed by atoms with Crippen LogP contribution in [0.15, 0.2) is 36.5 Å². The van der Waals surface area contributed by atoms with Crippen LogP contribution in [0.5, 0.6) is 0 Å². The van der Waals surface area contributed by atoms with Gasteiger partial charge in [0.15, 0.2) is 5.78 Å². The number of fused-ring (bicyclic) bond motifs is 6. The molecule has 218 valence electrons. The molecule has 4 heterocycles. The van der Waals surface area contributed by atoms with E-state index in [2.05, 4.69) is 13.2 Å². The number of rotatable bonds is 2. The average Bonchev–Trinajstić information content (AvgIpc) is 2.87. The first kappa shape index (κ1) is 30.2. The van der Waals surface area contributed by atoms with Crippen molar-refractivity contribution in [1.82, 2.24) is 0 Å². The Kier molecular flexibility index (Phi) is 9.90. The summed E-state index contributed by atoms with van der Waals surface area (Å²) < 4.78 is 31.2. The van der Waals surface area contributed by atoms with Crippen LogP contribution in [-0.2, 0) is 33.3 Å². The van der Waals surface area contributed by atoms with Crippen LogP contribution in [0.25, 0.3) is 0 Å². The number of Topliss-reactive ketones (excluding diaryl/α,β-unsaturated/α-hetero) is 1. The van der Waals surface area contributed by atoms with Crippen molar-refractivity contribution in [3.05, 3.63) is 36.5 Å². The summed E-state index contributed by atoms with van der Waals surface area (Å²) in [6.45, 7) is 14.5. The van der Waals surface area contributed by atoms with Gasteiger partial charge in [-0.25, -0.2) is 0 Å². The molecule has 7 atom stereocenters. The smallest absolute Gasteiger partial charge is 0.306 e. The highest BCUT2D eigenvalue weighted by atomic mass is 16.7. The van der Waals surface area contributed by atoms with Gasteiger partial charge in [-0.05, 0) is 51.4 Å². The number of carbonyl (C=O) groups excluding carboxylic acids is 2. The van der Waals surface area contributed by atoms with E-state index in [0.717, 1.165) is 44.1 Å². The molecule has 4 aliphatic rings. The molecule has 0 aromatic heterocycles. The third kappa shape index (κ3) is 7.29. The lowest BCUT2D eigenvalue weighted by Crippen LogP contribution is -2.59. The molecule has 3 fully saturated rings. The monoisotopic (exact) mass is 544 g/mol. The Labute approximate surface area is 234 Å². The van der Waals surface area contributed by atoms with E-state index in [4.69, 9.17) is 23.7 Å². The van der Waals surface area contributed by atoms with Crippen molar-refractivity contribution in [3.8, 4) is 0 Å². The summed E-state index contributed by atoms with van der Waals surface area (Å²) in [5.74, 6) is -1.69. The minimum atomic E-state index is -1.42. The van der Waals surface area contributed by atoms with Crippen LogP contribution in [0.1, 0.15) is 97.8 Å². The Bertz CT molecular complexity index is 952. The fraction of sp³-hybridized carbons (Fsp3) is 0.750. The second kappa shape index (κ2) is 12.8. The summed E-state index contributed by atoms with van der Waals surface area (Å²) in [7, 11) is 1.53. The molecule has 0 aromatic carbocycles. The fourth-order valence-corrected chi connectivity index (χ4v) is 6.67. The third-order valence-electron chi connectivity index (χ3n) is 8.76. The minimum Gasteiger partial charge on any atom is -0.462 e. The van der Waals surface area contributed by atoms with Crippen molar-refractivity contribution in [2.75, 3.05) is 7.11 Å². The molecule has 3 saturated heterocycles. The van der Waals surface area contributed by atoms with Crippen molar-refractivity contribution in [2.24, 2.45) is 5.41 Å². The Hall–Kier alpha value is -1.80. The van der Waals surface area contributed by atoms with Gasteiger partial charge in [0.25, 0.3) is 0 Å². The van der Waals surface area contributed by atoms with Crippen LogP contribution in [0.3, 0.4) is 0 Å². The highest BCUT2D eigenvalue weighted by Gasteiger charge is 2.55. The van der Waals surface area contributed by atoms with E-state index in [1.54, 1.807) is 0 Å². The molecule has 7 unspecified atom stereocenters. The summed E-state index contributed by atoms with van der Waals surface area (Å²) in [6.07, 6.45) is 11.4. The third-order valence-corrected chi connectivity index (χ3v) is 8.76. The number of esters is 1. The average molecular weight is 545 g/mol. The van der Waals surface area contributed by atoms with Gasteiger partial charge >= 0.3 is 5.97 Å². The van der Waals surface area contributed by atoms with Crippen LogP contribution < -0.4 is 0 Å². The van der Waals surface area contributed by atoms with Gasteiger partial charge in [-0.1, -0.05) is 57.2 Å². The second-order valence-electron chi connectivity index (χ2n) is 12.5. The van der Waals surface area contributed by atoms with Gasteiger partial charge in [-0.3, -0.25) is 9.59 Å². The SMILES string of the molecule is C=C1CC2/C=C/C(C)(C)C3(OC)OC(CCC3=O)CC(CC)OC(=O)CCCC3CC(=C)CC(CC(C1)O2)O3. The second-order valence-corrected chi connectivity index (χ2v) is 12.5. The van der Waals surface area contributed by atoms with Crippen molar-refractivity contribution in [3.63, 3.8) is 0 Å². The molecule has 7 heteroatoms. The molecule has 39 heavy (non-hydrogen) atoms. The fourth-order valence-electron chi connectivity index (χ4n) is 6.67. The minimum absolute atomic E-state index is 0.000409. The zero-order valence-electron chi connectivity index (χ0n) is 24.4. The summed E-state index contributed by atoms with van der Waals surface area (Å²) >= 11 is 0. The number of cyclic esters (lactones) is 1. The topological polar surface area (TPSA) is 80.3 Å². The van der Waals surface area contributed by atoms with Crippen molar-refractivity contribution < 1.29 is 33.3 Å². The zero-order valence-corrected chi connectivity index (χ0v) is 24.4. The molecule has 0 radical (unpaired) electrons. The van der Waals surface area contributed by atoms with Crippen LogP contribution >= 0.6 is 0 Å². The normalized spacial score (nSPS) is 39.5. The largest absolute Gasteiger partial charge is 0.462 e. The van der Waals surface area contributed by atoms with E-state index in [9.17, 15) is 9.59 Å². The van der Waals surface area contributed by atoms with Crippen LogP contribution in [0, 0.1) is 5.41 Å². The van der Waals surface area contributed by atoms with E-state index in [1.807, 2.05) is 32.9 Å². The molecular weight excluding hydrogens is 496 g/mol. The first-order chi connectivity index (χ1) is 18.5. The van der Waals surface area contributed by atoms with Gasteiger partial charge in [0, 0.05) is 38.2 Å². The van der Waals surface area contributed by atoms with E-state index >= 15 is 0 Å². The zero-order chi connectivity index (χ0) is 28.2. The molecule has 0 aliphatic carbocycles. The van der Waals surface area contributed by atoms with E-state index < -0.39 is 11.2 Å². The summed E-state index contributed by atoms with van der Waals surface area (Å²) in [5, 5.41) is 0. The lowest BCUT2D eigenvalue weighted by atomic mass is 9.76. The Morgan fingerprint density at radius 1 is 0.923 bits per heavy atom. The van der Waals surface area contributed by atoms with Gasteiger partial charge < -0.3 is 23.7 Å². The Balaban J connectivity index is 1.60. The van der Waals surface area contributed by atoms with E-state index in [-0.39, 0.29) is 48.4 Å². The number of ketones is 1. The highest BCUT2D eigenvalue weighted by Crippen LogP contribution is 2.44. The molecular formula is C32H48O7. The lowest BCUT2D eigenvalue weighted by Gasteiger charge is -2.47. The van der Waals surface area contributed by atoms with Crippen LogP contribution in [-0.4, -0.2) is 61.3 Å². The molecule has 0 N–H and O–H groups in total. The van der Waals surface area contributed by atoms with Crippen molar-refractivity contribution >= 4 is 11.8 Å². The van der Waals surface area contributed by atoms with Crippen molar-refractivity contribution in [1.29, 1.82) is 0 Å². The molecule has 0 saturated carbocycles. The Morgan fingerprint density at radius 2 is 1.62 bits per heavy atom. The number of hydrogen-bond acceptors (Lipinski definition) is 7. The number of hydrogen-bond donors (Lipinski definition) is 0. The lowest BCUT2D eigenvalue weighted by molar-refractivity contribution is -0.285. The van der Waals surface area contributed by atoms with Crippen LogP contribution in [0.2, 0.25) is 0 Å². The van der Waals surface area contributed by atoms with Gasteiger partial charge in [-0.15, -0.1) is 0 Å². The molecule has 0 spiro atoms. The predicted octanol–water partition coefficient (Wildman–Crippen LogP) is 6.15. The summed E-state index contributed by atoms with van der Waals surface area (Å²) in [5.41, 5.74) is 1.59. The standard InChI is InChI=1S/C32H48O7/c1-7-23-19-26-11-12-29(33)32(35-6,39-26)31(4,5)14-13-25-16-22(3)18-28(37-25)20-27-17-21(2)15-24(36-27)9-8-10-30(34)38-23/h13-14,23-28H,2-3,7-12,15-20H2,1,4-6H3/b14-13+. The highest BCUT2D eigenvalue weighted by molar-refractivity contribution is 5.87. The first-order valence-corrected chi connectivity index (χ1v) is 14.8. The van der Waals surface area contributed by atoms with Crippen LogP contribution in [0.4, 0.5) is 0 Å². The molecule has 6 bridgehead atoms. The number of methoxy groups -OCH3 is 1. The van der Waals surface area contributed by atoms with Gasteiger partial charge in [-0.2, -0.15) is 0 Å². The maximum Gasteiger partial charge on any atom is 0.306 e. The predicted molar refractivity (Wildman–Crippen MR) is 149 cm³/mol. The molecule has 4 rings (SSSR count).